The molecule has 0 aliphatic heterocycles. The van der Waals surface area contributed by atoms with Gasteiger partial charge in [0.15, 0.2) is 0 Å². The number of amides is 1. The first kappa shape index (κ1) is 13.9. The fraction of sp³-hybridized carbons (Fsp3) is 0.643. The van der Waals surface area contributed by atoms with Crippen molar-refractivity contribution in [3.63, 3.8) is 0 Å². The molecule has 1 aromatic heterocycles. The van der Waals surface area contributed by atoms with Crippen molar-refractivity contribution in [2.45, 2.75) is 44.6 Å². The SMILES string of the molecule is CCC1CCC(O)(CNC(=O)c2cnccn2)CC1. The van der Waals surface area contributed by atoms with Crippen molar-refractivity contribution < 1.29 is 9.90 Å². The standard InChI is InChI=1S/C14H21N3O2/c1-2-11-3-5-14(19,6-4-11)10-17-13(18)12-9-15-7-8-16-12/h7-9,11,19H,2-6,10H2,1H3,(H,17,18). The molecule has 2 rings (SSSR count). The van der Waals surface area contributed by atoms with E-state index in [1.165, 1.54) is 25.0 Å². The van der Waals surface area contributed by atoms with Crippen LogP contribution in [0, 0.1) is 5.92 Å². The van der Waals surface area contributed by atoms with Crippen LogP contribution in [-0.4, -0.2) is 33.1 Å². The summed E-state index contributed by atoms with van der Waals surface area (Å²) in [6.45, 7) is 2.48. The van der Waals surface area contributed by atoms with Gasteiger partial charge in [-0.1, -0.05) is 13.3 Å². The van der Waals surface area contributed by atoms with Gasteiger partial charge in [-0.05, 0) is 31.6 Å². The summed E-state index contributed by atoms with van der Waals surface area (Å²) < 4.78 is 0. The Morgan fingerprint density at radius 2 is 2.21 bits per heavy atom. The maximum Gasteiger partial charge on any atom is 0.271 e. The van der Waals surface area contributed by atoms with Crippen molar-refractivity contribution >= 4 is 5.91 Å². The third kappa shape index (κ3) is 3.73. The van der Waals surface area contributed by atoms with Gasteiger partial charge in [0.2, 0.25) is 0 Å². The van der Waals surface area contributed by atoms with Gasteiger partial charge < -0.3 is 10.4 Å². The lowest BCUT2D eigenvalue weighted by atomic mass is 9.78. The lowest BCUT2D eigenvalue weighted by molar-refractivity contribution is -0.00790. The Balaban J connectivity index is 1.84. The topological polar surface area (TPSA) is 75.1 Å². The molecule has 0 saturated heterocycles. The summed E-state index contributed by atoms with van der Waals surface area (Å²) in [6, 6.07) is 0. The smallest absolute Gasteiger partial charge is 0.271 e. The number of nitrogens with one attached hydrogen (secondary N) is 1. The summed E-state index contributed by atoms with van der Waals surface area (Å²) in [5, 5.41) is 13.2. The molecule has 1 fully saturated rings. The van der Waals surface area contributed by atoms with E-state index in [9.17, 15) is 9.90 Å². The maximum absolute atomic E-state index is 11.8. The van der Waals surface area contributed by atoms with Gasteiger partial charge in [-0.2, -0.15) is 0 Å². The minimum absolute atomic E-state index is 0.279. The number of hydrogen-bond donors (Lipinski definition) is 2. The predicted octanol–water partition coefficient (Wildman–Crippen LogP) is 1.54. The lowest BCUT2D eigenvalue weighted by Crippen LogP contribution is -2.45. The van der Waals surface area contributed by atoms with E-state index in [0.717, 1.165) is 31.6 Å². The van der Waals surface area contributed by atoms with Gasteiger partial charge in [0, 0.05) is 18.9 Å². The van der Waals surface area contributed by atoms with Gasteiger partial charge >= 0.3 is 0 Å². The highest BCUT2D eigenvalue weighted by Crippen LogP contribution is 2.33. The van der Waals surface area contributed by atoms with Crippen LogP contribution in [0.25, 0.3) is 0 Å². The first-order valence-electron chi connectivity index (χ1n) is 6.89. The van der Waals surface area contributed by atoms with Crippen molar-refractivity contribution in [2.24, 2.45) is 5.92 Å². The van der Waals surface area contributed by atoms with E-state index in [2.05, 4.69) is 22.2 Å². The maximum atomic E-state index is 11.8. The Morgan fingerprint density at radius 1 is 1.47 bits per heavy atom. The molecule has 1 heterocycles. The number of hydrogen-bond acceptors (Lipinski definition) is 4. The van der Waals surface area contributed by atoms with Gasteiger partial charge in [0.25, 0.3) is 5.91 Å². The average Bonchev–Trinajstić information content (AvgIpc) is 2.47. The summed E-state index contributed by atoms with van der Waals surface area (Å²) >= 11 is 0. The van der Waals surface area contributed by atoms with Crippen LogP contribution in [0.3, 0.4) is 0 Å². The van der Waals surface area contributed by atoms with Crippen LogP contribution in [0.1, 0.15) is 49.5 Å². The third-order valence-corrected chi connectivity index (χ3v) is 3.99. The van der Waals surface area contributed by atoms with Crippen LogP contribution >= 0.6 is 0 Å². The molecule has 1 aliphatic rings. The average molecular weight is 263 g/mol. The Kier molecular flexibility index (Phi) is 4.47. The molecule has 19 heavy (non-hydrogen) atoms. The van der Waals surface area contributed by atoms with E-state index in [1.54, 1.807) is 0 Å². The highest BCUT2D eigenvalue weighted by atomic mass is 16.3. The fourth-order valence-electron chi connectivity index (χ4n) is 2.55. The Labute approximate surface area is 113 Å². The molecule has 0 atom stereocenters. The zero-order valence-electron chi connectivity index (χ0n) is 11.3. The molecular formula is C14H21N3O2. The van der Waals surface area contributed by atoms with E-state index >= 15 is 0 Å². The Bertz CT molecular complexity index is 414. The van der Waals surface area contributed by atoms with Gasteiger partial charge in [-0.15, -0.1) is 0 Å². The summed E-state index contributed by atoms with van der Waals surface area (Å²) in [4.78, 5) is 19.6. The molecule has 0 bridgehead atoms. The van der Waals surface area contributed by atoms with E-state index in [4.69, 9.17) is 0 Å². The highest BCUT2D eigenvalue weighted by Gasteiger charge is 2.32. The number of aliphatic hydroxyl groups is 1. The number of nitrogens with zero attached hydrogens (tertiary/aromatic N) is 2. The molecule has 104 valence electrons. The van der Waals surface area contributed by atoms with Crippen molar-refractivity contribution in [3.05, 3.63) is 24.3 Å². The molecule has 1 aromatic rings. The summed E-state index contributed by atoms with van der Waals surface area (Å²) in [5.74, 6) is 0.440. The van der Waals surface area contributed by atoms with Crippen LogP contribution in [-0.2, 0) is 0 Å². The molecule has 1 amide bonds. The van der Waals surface area contributed by atoms with Gasteiger partial charge in [-0.3, -0.25) is 9.78 Å². The molecule has 1 saturated carbocycles. The summed E-state index contributed by atoms with van der Waals surface area (Å²) in [7, 11) is 0. The first-order chi connectivity index (χ1) is 9.13. The summed E-state index contributed by atoms with van der Waals surface area (Å²) in [5.41, 5.74) is -0.475. The Morgan fingerprint density at radius 3 is 2.79 bits per heavy atom. The second-order valence-electron chi connectivity index (χ2n) is 5.35. The van der Waals surface area contributed by atoms with Crippen molar-refractivity contribution in [2.75, 3.05) is 6.54 Å². The minimum Gasteiger partial charge on any atom is -0.388 e. The largest absolute Gasteiger partial charge is 0.388 e. The van der Waals surface area contributed by atoms with Crippen molar-refractivity contribution in [1.82, 2.24) is 15.3 Å². The molecule has 0 aromatic carbocycles. The molecular weight excluding hydrogens is 242 g/mol. The quantitative estimate of drug-likeness (QED) is 0.864. The molecule has 0 radical (unpaired) electrons. The van der Waals surface area contributed by atoms with Crippen LogP contribution in [0.4, 0.5) is 0 Å². The second-order valence-corrected chi connectivity index (χ2v) is 5.35. The van der Waals surface area contributed by atoms with E-state index in [0.29, 0.717) is 6.54 Å². The third-order valence-electron chi connectivity index (χ3n) is 3.99. The van der Waals surface area contributed by atoms with Crippen LogP contribution < -0.4 is 5.32 Å². The molecule has 2 N–H and O–H groups in total. The highest BCUT2D eigenvalue weighted by molar-refractivity contribution is 5.91. The lowest BCUT2D eigenvalue weighted by Gasteiger charge is -2.35. The first-order valence-corrected chi connectivity index (χ1v) is 6.89. The van der Waals surface area contributed by atoms with Crippen molar-refractivity contribution in [1.29, 1.82) is 0 Å². The number of carbonyl (C=O) groups excluding carboxylic acids is 1. The van der Waals surface area contributed by atoms with Gasteiger partial charge in [0.05, 0.1) is 11.8 Å². The summed E-state index contributed by atoms with van der Waals surface area (Å²) in [6.07, 6.45) is 9.18. The number of aromatic nitrogens is 2. The van der Waals surface area contributed by atoms with Crippen molar-refractivity contribution in [3.8, 4) is 0 Å². The molecule has 1 aliphatic carbocycles. The van der Waals surface area contributed by atoms with Crippen LogP contribution in [0.15, 0.2) is 18.6 Å². The molecule has 5 nitrogen and oxygen atoms in total. The van der Waals surface area contributed by atoms with E-state index in [1.807, 2.05) is 0 Å². The predicted molar refractivity (Wildman–Crippen MR) is 71.6 cm³/mol. The second kappa shape index (κ2) is 6.10. The Hall–Kier alpha value is -1.49. The normalized spacial score (nSPS) is 26.9. The van der Waals surface area contributed by atoms with Gasteiger partial charge in [0.1, 0.15) is 5.69 Å². The zero-order valence-corrected chi connectivity index (χ0v) is 11.3. The fourth-order valence-corrected chi connectivity index (χ4v) is 2.55. The number of rotatable bonds is 4. The van der Waals surface area contributed by atoms with E-state index in [-0.39, 0.29) is 11.6 Å². The monoisotopic (exact) mass is 263 g/mol. The van der Waals surface area contributed by atoms with Crippen LogP contribution in [0.2, 0.25) is 0 Å². The molecule has 5 heteroatoms. The minimum atomic E-state index is -0.760. The number of carbonyl (C=O) groups is 1. The van der Waals surface area contributed by atoms with E-state index < -0.39 is 5.60 Å². The van der Waals surface area contributed by atoms with Gasteiger partial charge in [-0.25, -0.2) is 4.98 Å². The van der Waals surface area contributed by atoms with Crippen LogP contribution in [0.5, 0.6) is 0 Å². The molecule has 0 unspecified atom stereocenters. The molecule has 0 spiro atoms. The zero-order chi connectivity index (χ0) is 13.7.